The molecule has 1 aliphatic rings. The van der Waals surface area contributed by atoms with Crippen LogP contribution < -0.4 is 10.6 Å². The minimum atomic E-state index is -0.135. The Morgan fingerprint density at radius 3 is 2.12 bits per heavy atom. The average molecular weight is 350 g/mol. The molecule has 0 aliphatic heterocycles. The highest BCUT2D eigenvalue weighted by molar-refractivity contribution is 6.04. The largest absolute Gasteiger partial charge is 0.353 e. The van der Waals surface area contributed by atoms with Gasteiger partial charge in [-0.05, 0) is 53.6 Å². The summed E-state index contributed by atoms with van der Waals surface area (Å²) in [7, 11) is 0. The zero-order valence-corrected chi connectivity index (χ0v) is 15.6. The second-order valence-corrected chi connectivity index (χ2v) is 8.00. The number of nitrogens with one attached hydrogen (secondary N) is 2. The molecule has 2 amide bonds. The smallest absolute Gasteiger partial charge is 0.255 e. The van der Waals surface area contributed by atoms with E-state index in [0.717, 1.165) is 24.1 Å². The van der Waals surface area contributed by atoms with Crippen LogP contribution in [0, 0.1) is 0 Å². The minimum absolute atomic E-state index is 0.0585. The van der Waals surface area contributed by atoms with Gasteiger partial charge >= 0.3 is 0 Å². The van der Waals surface area contributed by atoms with E-state index < -0.39 is 0 Å². The van der Waals surface area contributed by atoms with Gasteiger partial charge in [-0.3, -0.25) is 9.59 Å². The van der Waals surface area contributed by atoms with Crippen molar-refractivity contribution in [1.82, 2.24) is 5.32 Å². The zero-order valence-electron chi connectivity index (χ0n) is 15.6. The molecule has 3 rings (SSSR count). The van der Waals surface area contributed by atoms with Crippen molar-refractivity contribution >= 4 is 17.5 Å². The Labute approximate surface area is 155 Å². The third-order valence-electron chi connectivity index (χ3n) is 4.53. The molecular formula is C22H26N2O2. The van der Waals surface area contributed by atoms with Crippen LogP contribution in [0.15, 0.2) is 48.5 Å². The highest BCUT2D eigenvalue weighted by atomic mass is 16.2. The second kappa shape index (κ2) is 7.32. The Hall–Kier alpha value is -2.62. The normalized spacial score (nSPS) is 14.0. The van der Waals surface area contributed by atoms with E-state index in [1.807, 2.05) is 48.5 Å². The Balaban J connectivity index is 1.57. The molecule has 2 aromatic carbocycles. The summed E-state index contributed by atoms with van der Waals surface area (Å²) in [6.45, 7) is 6.44. The molecule has 0 bridgehead atoms. The molecule has 1 aliphatic carbocycles. The molecule has 2 N–H and O–H groups in total. The van der Waals surface area contributed by atoms with Crippen LogP contribution in [0.2, 0.25) is 0 Å². The molecule has 26 heavy (non-hydrogen) atoms. The van der Waals surface area contributed by atoms with Crippen LogP contribution in [0.1, 0.15) is 55.1 Å². The van der Waals surface area contributed by atoms with Crippen molar-refractivity contribution in [2.24, 2.45) is 0 Å². The number of rotatable bonds is 5. The maximum absolute atomic E-state index is 12.4. The molecule has 4 nitrogen and oxygen atoms in total. The fourth-order valence-electron chi connectivity index (χ4n) is 2.72. The number of anilines is 1. The minimum Gasteiger partial charge on any atom is -0.353 e. The first-order valence-corrected chi connectivity index (χ1v) is 9.11. The zero-order chi connectivity index (χ0) is 18.7. The highest BCUT2D eigenvalue weighted by Gasteiger charge is 2.23. The first-order valence-electron chi connectivity index (χ1n) is 9.11. The summed E-state index contributed by atoms with van der Waals surface area (Å²) in [6, 6.07) is 15.5. The number of carbonyl (C=O) groups excluding carboxylic acids is 2. The quantitative estimate of drug-likeness (QED) is 0.854. The maximum Gasteiger partial charge on any atom is 0.255 e. The summed E-state index contributed by atoms with van der Waals surface area (Å²) in [4.78, 5) is 24.2. The molecule has 0 atom stereocenters. The summed E-state index contributed by atoms with van der Waals surface area (Å²) in [5.41, 5.74) is 3.56. The Morgan fingerprint density at radius 1 is 0.962 bits per heavy atom. The van der Waals surface area contributed by atoms with Gasteiger partial charge in [0.05, 0.1) is 6.42 Å². The van der Waals surface area contributed by atoms with Crippen LogP contribution in [0.25, 0.3) is 0 Å². The second-order valence-electron chi connectivity index (χ2n) is 8.00. The Bertz CT molecular complexity index is 782. The van der Waals surface area contributed by atoms with Crippen molar-refractivity contribution in [3.05, 3.63) is 65.2 Å². The van der Waals surface area contributed by atoms with Gasteiger partial charge < -0.3 is 10.6 Å². The SMILES string of the molecule is CC(C)(C)c1ccc(C(=O)Nc2ccc(CC(=O)NC3CC3)cc2)cc1. The highest BCUT2D eigenvalue weighted by Crippen LogP contribution is 2.22. The predicted octanol–water partition coefficient (Wildman–Crippen LogP) is 4.06. The molecule has 0 spiro atoms. The van der Waals surface area contributed by atoms with Crippen molar-refractivity contribution < 1.29 is 9.59 Å². The lowest BCUT2D eigenvalue weighted by Gasteiger charge is -2.19. The summed E-state index contributed by atoms with van der Waals surface area (Å²) >= 11 is 0. The number of carbonyl (C=O) groups is 2. The van der Waals surface area contributed by atoms with Crippen LogP contribution >= 0.6 is 0 Å². The lowest BCUT2D eigenvalue weighted by molar-refractivity contribution is -0.120. The van der Waals surface area contributed by atoms with E-state index in [1.165, 1.54) is 5.56 Å². The lowest BCUT2D eigenvalue weighted by atomic mass is 9.87. The summed E-state index contributed by atoms with van der Waals surface area (Å²) in [5.74, 6) is -0.0760. The predicted molar refractivity (Wildman–Crippen MR) is 104 cm³/mol. The van der Waals surface area contributed by atoms with Gasteiger partial charge in [-0.2, -0.15) is 0 Å². The third kappa shape index (κ3) is 4.94. The molecule has 2 aromatic rings. The van der Waals surface area contributed by atoms with Gasteiger partial charge in [0, 0.05) is 17.3 Å². The van der Waals surface area contributed by atoms with E-state index in [9.17, 15) is 9.59 Å². The molecular weight excluding hydrogens is 324 g/mol. The standard InChI is InChI=1S/C22H26N2O2/c1-22(2,3)17-8-6-16(7-9-17)21(26)24-19-10-4-15(5-11-19)14-20(25)23-18-12-13-18/h4-11,18H,12-14H2,1-3H3,(H,23,25)(H,24,26). The molecule has 0 radical (unpaired) electrons. The summed E-state index contributed by atoms with van der Waals surface area (Å²) in [5, 5.41) is 5.88. The summed E-state index contributed by atoms with van der Waals surface area (Å²) < 4.78 is 0. The van der Waals surface area contributed by atoms with E-state index in [2.05, 4.69) is 31.4 Å². The van der Waals surface area contributed by atoms with E-state index >= 15 is 0 Å². The Morgan fingerprint density at radius 2 is 1.58 bits per heavy atom. The van der Waals surface area contributed by atoms with Gasteiger partial charge in [0.25, 0.3) is 5.91 Å². The topological polar surface area (TPSA) is 58.2 Å². The fourth-order valence-corrected chi connectivity index (χ4v) is 2.72. The molecule has 1 fully saturated rings. The number of hydrogen-bond acceptors (Lipinski definition) is 2. The van der Waals surface area contributed by atoms with Gasteiger partial charge in [0.2, 0.25) is 5.91 Å². The number of hydrogen-bond donors (Lipinski definition) is 2. The van der Waals surface area contributed by atoms with Crippen LogP contribution in [-0.4, -0.2) is 17.9 Å². The van der Waals surface area contributed by atoms with Crippen molar-refractivity contribution in [2.75, 3.05) is 5.32 Å². The van der Waals surface area contributed by atoms with Gasteiger partial charge in [0.1, 0.15) is 0 Å². The van der Waals surface area contributed by atoms with Crippen molar-refractivity contribution in [3.63, 3.8) is 0 Å². The van der Waals surface area contributed by atoms with Gasteiger partial charge in [-0.1, -0.05) is 45.0 Å². The van der Waals surface area contributed by atoms with Gasteiger partial charge in [0.15, 0.2) is 0 Å². The fraction of sp³-hybridized carbons (Fsp3) is 0.364. The average Bonchev–Trinajstić information content (AvgIpc) is 3.40. The number of amides is 2. The molecule has 0 heterocycles. The van der Waals surface area contributed by atoms with Crippen molar-refractivity contribution in [1.29, 1.82) is 0 Å². The first-order chi connectivity index (χ1) is 12.3. The molecule has 0 aromatic heterocycles. The van der Waals surface area contributed by atoms with E-state index in [1.54, 1.807) is 0 Å². The monoisotopic (exact) mass is 350 g/mol. The van der Waals surface area contributed by atoms with Crippen LogP contribution in [0.5, 0.6) is 0 Å². The summed E-state index contributed by atoms with van der Waals surface area (Å²) in [6.07, 6.45) is 2.56. The van der Waals surface area contributed by atoms with Crippen molar-refractivity contribution in [2.45, 2.75) is 51.5 Å². The lowest BCUT2D eigenvalue weighted by Crippen LogP contribution is -2.26. The molecule has 0 unspecified atom stereocenters. The van der Waals surface area contributed by atoms with Gasteiger partial charge in [-0.25, -0.2) is 0 Å². The Kier molecular flexibility index (Phi) is 5.12. The maximum atomic E-state index is 12.4. The first kappa shape index (κ1) is 18.2. The van der Waals surface area contributed by atoms with Crippen molar-refractivity contribution in [3.8, 4) is 0 Å². The molecule has 0 saturated heterocycles. The van der Waals surface area contributed by atoms with Crippen LogP contribution in [-0.2, 0) is 16.6 Å². The molecule has 1 saturated carbocycles. The van der Waals surface area contributed by atoms with E-state index in [0.29, 0.717) is 18.0 Å². The molecule has 136 valence electrons. The van der Waals surface area contributed by atoms with Crippen LogP contribution in [0.3, 0.4) is 0 Å². The third-order valence-corrected chi connectivity index (χ3v) is 4.53. The molecule has 4 heteroatoms. The van der Waals surface area contributed by atoms with E-state index in [-0.39, 0.29) is 17.2 Å². The number of benzene rings is 2. The van der Waals surface area contributed by atoms with Gasteiger partial charge in [-0.15, -0.1) is 0 Å². The van der Waals surface area contributed by atoms with E-state index in [4.69, 9.17) is 0 Å². The van der Waals surface area contributed by atoms with Crippen LogP contribution in [0.4, 0.5) is 5.69 Å².